The summed E-state index contributed by atoms with van der Waals surface area (Å²) in [5.41, 5.74) is 5.28. The number of aliphatic carboxylic acids is 1. The SMILES string of the molecule is O=C(O)CS(=O)(=O)N(Cc1ccccc1)c1ccc(-c2ccc(-n3ccc4ccccc43)cc2)cc1. The minimum absolute atomic E-state index is 0.0509. The molecular formula is C29H24N2O4S. The zero-order chi connectivity index (χ0) is 25.1. The average molecular weight is 497 g/mol. The highest BCUT2D eigenvalue weighted by Crippen LogP contribution is 2.28. The predicted octanol–water partition coefficient (Wildman–Crippen LogP) is 5.72. The van der Waals surface area contributed by atoms with Gasteiger partial charge in [-0.3, -0.25) is 9.10 Å². The van der Waals surface area contributed by atoms with Crippen LogP contribution in [0.1, 0.15) is 5.56 Å². The summed E-state index contributed by atoms with van der Waals surface area (Å²) in [6, 6.07) is 34.7. The number of nitrogens with zero attached hydrogens (tertiary/aromatic N) is 2. The van der Waals surface area contributed by atoms with Gasteiger partial charge in [-0.25, -0.2) is 8.42 Å². The van der Waals surface area contributed by atoms with Crippen molar-refractivity contribution in [2.45, 2.75) is 6.54 Å². The number of rotatable bonds is 8. The molecule has 180 valence electrons. The fourth-order valence-corrected chi connectivity index (χ4v) is 5.53. The zero-order valence-electron chi connectivity index (χ0n) is 19.4. The molecule has 5 rings (SSSR count). The molecule has 0 aliphatic carbocycles. The number of hydrogen-bond donors (Lipinski definition) is 1. The van der Waals surface area contributed by atoms with Crippen LogP contribution in [0.15, 0.2) is 115 Å². The molecule has 0 unspecified atom stereocenters. The minimum atomic E-state index is -4.07. The van der Waals surface area contributed by atoms with Gasteiger partial charge in [0, 0.05) is 11.9 Å². The molecule has 0 atom stereocenters. The van der Waals surface area contributed by atoms with Gasteiger partial charge in [0.15, 0.2) is 5.75 Å². The maximum absolute atomic E-state index is 12.9. The van der Waals surface area contributed by atoms with Crippen LogP contribution in [0.3, 0.4) is 0 Å². The maximum atomic E-state index is 12.9. The second-order valence-corrected chi connectivity index (χ2v) is 10.4. The number of benzene rings is 4. The lowest BCUT2D eigenvalue weighted by Crippen LogP contribution is -2.35. The molecule has 1 aromatic heterocycles. The number of anilines is 1. The second-order valence-electron chi connectivity index (χ2n) is 8.48. The first-order chi connectivity index (χ1) is 17.4. The van der Waals surface area contributed by atoms with Crippen LogP contribution in [-0.4, -0.2) is 29.8 Å². The van der Waals surface area contributed by atoms with E-state index in [0.29, 0.717) is 5.69 Å². The van der Waals surface area contributed by atoms with Crippen molar-refractivity contribution in [3.63, 3.8) is 0 Å². The van der Waals surface area contributed by atoms with E-state index in [1.165, 1.54) is 5.39 Å². The van der Waals surface area contributed by atoms with Crippen LogP contribution in [0.5, 0.6) is 0 Å². The first-order valence-corrected chi connectivity index (χ1v) is 13.0. The van der Waals surface area contributed by atoms with Gasteiger partial charge in [0.2, 0.25) is 10.0 Å². The van der Waals surface area contributed by atoms with Gasteiger partial charge in [-0.05, 0) is 58.5 Å². The number of fused-ring (bicyclic) bond motifs is 1. The van der Waals surface area contributed by atoms with Crippen molar-refractivity contribution < 1.29 is 18.3 Å². The molecular weight excluding hydrogens is 472 g/mol. The van der Waals surface area contributed by atoms with E-state index in [-0.39, 0.29) is 6.54 Å². The van der Waals surface area contributed by atoms with Gasteiger partial charge in [-0.15, -0.1) is 0 Å². The highest BCUT2D eigenvalue weighted by atomic mass is 32.2. The van der Waals surface area contributed by atoms with E-state index in [1.54, 1.807) is 12.1 Å². The topological polar surface area (TPSA) is 79.6 Å². The first-order valence-electron chi connectivity index (χ1n) is 11.4. The lowest BCUT2D eigenvalue weighted by atomic mass is 10.0. The summed E-state index contributed by atoms with van der Waals surface area (Å²) in [5, 5.41) is 10.3. The summed E-state index contributed by atoms with van der Waals surface area (Å²) >= 11 is 0. The molecule has 4 aromatic carbocycles. The molecule has 0 fully saturated rings. The molecule has 0 radical (unpaired) electrons. The lowest BCUT2D eigenvalue weighted by Gasteiger charge is -2.24. The Morgan fingerprint density at radius 3 is 2.03 bits per heavy atom. The van der Waals surface area contributed by atoms with Crippen molar-refractivity contribution in [1.82, 2.24) is 4.57 Å². The van der Waals surface area contributed by atoms with E-state index in [1.807, 2.05) is 72.9 Å². The summed E-state index contributed by atoms with van der Waals surface area (Å²) in [7, 11) is -4.07. The van der Waals surface area contributed by atoms with Crippen molar-refractivity contribution in [3.05, 3.63) is 121 Å². The van der Waals surface area contributed by atoms with Crippen LogP contribution in [-0.2, 0) is 21.4 Å². The van der Waals surface area contributed by atoms with Gasteiger partial charge in [-0.2, -0.15) is 0 Å². The standard InChI is InChI=1S/C29H24N2O4S/c32-29(33)21-36(34,35)31(20-22-6-2-1-3-7-22)27-16-12-24(13-17-27)23-10-14-26(15-11-23)30-19-18-25-8-4-5-9-28(25)30/h1-19H,20-21H2,(H,32,33). The second kappa shape index (κ2) is 9.71. The van der Waals surface area contributed by atoms with Gasteiger partial charge < -0.3 is 9.67 Å². The molecule has 0 spiro atoms. The monoisotopic (exact) mass is 496 g/mol. The Morgan fingerprint density at radius 2 is 1.36 bits per heavy atom. The fourth-order valence-electron chi connectivity index (χ4n) is 4.28. The smallest absolute Gasteiger partial charge is 0.320 e. The molecule has 7 heteroatoms. The molecule has 0 amide bonds. The molecule has 0 bridgehead atoms. The predicted molar refractivity (Wildman–Crippen MR) is 143 cm³/mol. The Hall–Kier alpha value is -4.36. The number of carboxylic acids is 1. The Bertz CT molecular complexity index is 1610. The van der Waals surface area contributed by atoms with E-state index in [2.05, 4.69) is 34.9 Å². The van der Waals surface area contributed by atoms with E-state index in [9.17, 15) is 13.2 Å². The minimum Gasteiger partial charge on any atom is -0.480 e. The van der Waals surface area contributed by atoms with Gasteiger partial charge in [0.1, 0.15) is 0 Å². The number of para-hydroxylation sites is 1. The van der Waals surface area contributed by atoms with E-state index >= 15 is 0 Å². The molecule has 0 aliphatic heterocycles. The van der Waals surface area contributed by atoms with E-state index < -0.39 is 21.7 Å². The summed E-state index contributed by atoms with van der Waals surface area (Å²) in [5.74, 6) is -2.36. The highest BCUT2D eigenvalue weighted by Gasteiger charge is 2.26. The Balaban J connectivity index is 1.42. The van der Waals surface area contributed by atoms with Crippen LogP contribution in [0.4, 0.5) is 5.69 Å². The summed E-state index contributed by atoms with van der Waals surface area (Å²) < 4.78 is 29.1. The average Bonchev–Trinajstić information content (AvgIpc) is 3.32. The van der Waals surface area contributed by atoms with Crippen LogP contribution in [0.2, 0.25) is 0 Å². The van der Waals surface area contributed by atoms with E-state index in [0.717, 1.165) is 32.2 Å². The third-order valence-electron chi connectivity index (χ3n) is 6.04. The molecule has 6 nitrogen and oxygen atoms in total. The van der Waals surface area contributed by atoms with Crippen LogP contribution in [0.25, 0.3) is 27.7 Å². The van der Waals surface area contributed by atoms with Gasteiger partial charge in [0.25, 0.3) is 0 Å². The van der Waals surface area contributed by atoms with Crippen molar-refractivity contribution in [3.8, 4) is 16.8 Å². The number of aromatic nitrogens is 1. The van der Waals surface area contributed by atoms with Crippen molar-refractivity contribution in [2.75, 3.05) is 10.1 Å². The largest absolute Gasteiger partial charge is 0.480 e. The molecule has 1 N–H and O–H groups in total. The Morgan fingerprint density at radius 1 is 0.750 bits per heavy atom. The molecule has 5 aromatic rings. The van der Waals surface area contributed by atoms with Crippen LogP contribution in [0, 0.1) is 0 Å². The van der Waals surface area contributed by atoms with Gasteiger partial charge in [0.05, 0.1) is 17.7 Å². The number of hydrogen-bond acceptors (Lipinski definition) is 3. The number of sulfonamides is 1. The molecule has 0 aliphatic rings. The summed E-state index contributed by atoms with van der Waals surface area (Å²) in [4.78, 5) is 11.2. The van der Waals surface area contributed by atoms with Crippen LogP contribution < -0.4 is 4.31 Å². The quantitative estimate of drug-likeness (QED) is 0.298. The molecule has 0 saturated heterocycles. The van der Waals surface area contributed by atoms with Crippen LogP contribution >= 0.6 is 0 Å². The Kier molecular flexibility index (Phi) is 6.31. The van der Waals surface area contributed by atoms with E-state index in [4.69, 9.17) is 5.11 Å². The van der Waals surface area contributed by atoms with Crippen molar-refractivity contribution in [1.29, 1.82) is 0 Å². The molecule has 0 saturated carbocycles. The summed E-state index contributed by atoms with van der Waals surface area (Å²) in [6.07, 6.45) is 2.05. The van der Waals surface area contributed by atoms with Crippen molar-refractivity contribution in [2.24, 2.45) is 0 Å². The van der Waals surface area contributed by atoms with Gasteiger partial charge in [-0.1, -0.05) is 72.8 Å². The zero-order valence-corrected chi connectivity index (χ0v) is 20.2. The third kappa shape index (κ3) is 4.87. The molecule has 1 heterocycles. The Labute approximate surface area is 209 Å². The fraction of sp³-hybridized carbons (Fsp3) is 0.0690. The first kappa shape index (κ1) is 23.4. The molecule has 36 heavy (non-hydrogen) atoms. The van der Waals surface area contributed by atoms with Gasteiger partial charge >= 0.3 is 5.97 Å². The number of carbonyl (C=O) groups is 1. The third-order valence-corrected chi connectivity index (χ3v) is 7.67. The number of carboxylic acid groups (broad SMARTS) is 1. The van der Waals surface area contributed by atoms with Crippen molar-refractivity contribution >= 4 is 32.6 Å². The highest BCUT2D eigenvalue weighted by molar-refractivity contribution is 7.93. The summed E-state index contributed by atoms with van der Waals surface area (Å²) in [6.45, 7) is 0.0509. The maximum Gasteiger partial charge on any atom is 0.320 e. The lowest BCUT2D eigenvalue weighted by molar-refractivity contribution is -0.134. The normalized spacial score (nSPS) is 11.4.